The van der Waals surface area contributed by atoms with Crippen molar-refractivity contribution in [3.63, 3.8) is 0 Å². The minimum absolute atomic E-state index is 0.133. The van der Waals surface area contributed by atoms with Gasteiger partial charge in [-0.15, -0.1) is 0 Å². The highest BCUT2D eigenvalue weighted by atomic mass is 16.4. The van der Waals surface area contributed by atoms with Crippen LogP contribution in [0.25, 0.3) is 0 Å². The Morgan fingerprint density at radius 2 is 1.80 bits per heavy atom. The summed E-state index contributed by atoms with van der Waals surface area (Å²) in [5.41, 5.74) is 2.52. The lowest BCUT2D eigenvalue weighted by atomic mass is 9.38. The van der Waals surface area contributed by atoms with Crippen LogP contribution in [0, 0.1) is 11.8 Å². The van der Waals surface area contributed by atoms with Crippen LogP contribution in [-0.2, 0) is 4.65 Å². The Hall–Kier alpha value is -0.495. The summed E-state index contributed by atoms with van der Waals surface area (Å²) in [5, 5.41) is 0.133. The highest BCUT2D eigenvalue weighted by Crippen LogP contribution is 2.41. The quantitative estimate of drug-likeness (QED) is 0.375. The Bertz CT molecular complexity index is 326. The minimum atomic E-state index is 0.133. The highest BCUT2D eigenvalue weighted by Gasteiger charge is 2.39. The maximum absolute atomic E-state index is 5.89. The molecule has 2 heteroatoms. The molecular formula is C18H35BO. The molecule has 0 fully saturated rings. The normalized spacial score (nSPS) is 13.2. The van der Waals surface area contributed by atoms with Gasteiger partial charge >= 0.3 is 6.92 Å². The average Bonchev–Trinajstić information content (AvgIpc) is 2.27. The molecule has 0 atom stereocenters. The van der Waals surface area contributed by atoms with Gasteiger partial charge in [0, 0.05) is 7.11 Å². The maximum atomic E-state index is 5.89. The molecule has 116 valence electrons. The van der Waals surface area contributed by atoms with Crippen LogP contribution in [0.1, 0.15) is 67.7 Å². The third-order valence-corrected chi connectivity index (χ3v) is 4.41. The van der Waals surface area contributed by atoms with Crippen molar-refractivity contribution in [1.82, 2.24) is 0 Å². The molecule has 20 heavy (non-hydrogen) atoms. The summed E-state index contributed by atoms with van der Waals surface area (Å²) in [6.07, 6.45) is 5.84. The summed E-state index contributed by atoms with van der Waals surface area (Å²) in [6.45, 7) is 20.0. The lowest BCUT2D eigenvalue weighted by Crippen LogP contribution is -2.36. The van der Waals surface area contributed by atoms with Crippen molar-refractivity contribution in [1.29, 1.82) is 0 Å². The van der Waals surface area contributed by atoms with Crippen molar-refractivity contribution >= 4 is 6.92 Å². The molecule has 0 aromatic rings. The maximum Gasteiger partial charge on any atom is 0.328 e. The smallest absolute Gasteiger partial charge is 0.328 e. The van der Waals surface area contributed by atoms with E-state index in [0.29, 0.717) is 5.92 Å². The van der Waals surface area contributed by atoms with E-state index >= 15 is 0 Å². The van der Waals surface area contributed by atoms with Crippen molar-refractivity contribution in [2.75, 3.05) is 7.11 Å². The minimum Gasteiger partial charge on any atom is -0.433 e. The molecule has 0 radical (unpaired) electrons. The third kappa shape index (κ3) is 6.30. The number of allylic oxidation sites excluding steroid dienone is 3. The van der Waals surface area contributed by atoms with E-state index in [2.05, 4.69) is 61.1 Å². The van der Waals surface area contributed by atoms with Crippen LogP contribution in [0.15, 0.2) is 23.7 Å². The molecule has 0 aliphatic rings. The molecule has 0 N–H and O–H groups in total. The highest BCUT2D eigenvalue weighted by molar-refractivity contribution is 6.63. The zero-order chi connectivity index (χ0) is 15.9. The molecule has 0 saturated heterocycles. The third-order valence-electron chi connectivity index (χ3n) is 4.41. The van der Waals surface area contributed by atoms with Crippen LogP contribution in [-0.4, -0.2) is 14.0 Å². The van der Waals surface area contributed by atoms with Gasteiger partial charge in [0.25, 0.3) is 0 Å². The molecule has 0 aliphatic heterocycles. The first-order valence-corrected chi connectivity index (χ1v) is 8.01. The van der Waals surface area contributed by atoms with Crippen LogP contribution in [0.3, 0.4) is 0 Å². The second kappa shape index (κ2) is 8.72. The zero-order valence-corrected chi connectivity index (χ0v) is 15.0. The Labute approximate surface area is 128 Å². The summed E-state index contributed by atoms with van der Waals surface area (Å²) in [7, 11) is 1.84. The van der Waals surface area contributed by atoms with Gasteiger partial charge in [-0.05, 0) is 36.9 Å². The SMILES string of the molecule is C=C(C)/C=C(\CCCC(C)C)B(OC)C(C)(C)C(C)C. The average molecular weight is 278 g/mol. The van der Waals surface area contributed by atoms with Gasteiger partial charge in [-0.3, -0.25) is 0 Å². The van der Waals surface area contributed by atoms with E-state index in [-0.39, 0.29) is 12.2 Å². The molecule has 0 heterocycles. The Balaban J connectivity index is 5.13. The van der Waals surface area contributed by atoms with Crippen LogP contribution >= 0.6 is 0 Å². The largest absolute Gasteiger partial charge is 0.433 e. The van der Waals surface area contributed by atoms with Gasteiger partial charge in [0.2, 0.25) is 0 Å². The monoisotopic (exact) mass is 278 g/mol. The fourth-order valence-corrected chi connectivity index (χ4v) is 2.55. The van der Waals surface area contributed by atoms with Crippen molar-refractivity contribution < 1.29 is 4.65 Å². The van der Waals surface area contributed by atoms with Gasteiger partial charge in [-0.2, -0.15) is 0 Å². The summed E-state index contributed by atoms with van der Waals surface area (Å²) < 4.78 is 5.89. The van der Waals surface area contributed by atoms with E-state index in [0.717, 1.165) is 17.9 Å². The second-order valence-electron chi connectivity index (χ2n) is 7.44. The molecule has 0 bridgehead atoms. The van der Waals surface area contributed by atoms with E-state index in [4.69, 9.17) is 4.65 Å². The Morgan fingerprint density at radius 1 is 1.25 bits per heavy atom. The molecule has 0 aliphatic carbocycles. The Morgan fingerprint density at radius 3 is 2.15 bits per heavy atom. The van der Waals surface area contributed by atoms with Gasteiger partial charge in [0.05, 0.1) is 0 Å². The molecule has 0 amide bonds. The topological polar surface area (TPSA) is 9.23 Å². The fraction of sp³-hybridized carbons (Fsp3) is 0.778. The van der Waals surface area contributed by atoms with Gasteiger partial charge in [-0.25, -0.2) is 0 Å². The number of hydrogen-bond donors (Lipinski definition) is 0. The van der Waals surface area contributed by atoms with Crippen LogP contribution < -0.4 is 0 Å². The van der Waals surface area contributed by atoms with Gasteiger partial charge in [0.15, 0.2) is 0 Å². The molecule has 0 saturated carbocycles. The first-order chi connectivity index (χ1) is 9.12. The van der Waals surface area contributed by atoms with Gasteiger partial charge < -0.3 is 4.65 Å². The summed E-state index contributed by atoms with van der Waals surface area (Å²) in [6, 6.07) is 0. The molecule has 0 unspecified atom stereocenters. The van der Waals surface area contributed by atoms with Crippen molar-refractivity contribution in [3.8, 4) is 0 Å². The molecule has 1 nitrogen and oxygen atoms in total. The lowest BCUT2D eigenvalue weighted by molar-refractivity contribution is 0.351. The van der Waals surface area contributed by atoms with Crippen LogP contribution in [0.5, 0.6) is 0 Å². The van der Waals surface area contributed by atoms with Crippen molar-refractivity contribution in [2.45, 2.75) is 73.0 Å². The lowest BCUT2D eigenvalue weighted by Gasteiger charge is -2.35. The Kier molecular flexibility index (Phi) is 8.50. The van der Waals surface area contributed by atoms with E-state index in [1.54, 1.807) is 0 Å². The van der Waals surface area contributed by atoms with Gasteiger partial charge in [0.1, 0.15) is 0 Å². The predicted octanol–water partition coefficient (Wildman–Crippen LogP) is 5.93. The first-order valence-electron chi connectivity index (χ1n) is 8.01. The summed E-state index contributed by atoms with van der Waals surface area (Å²) in [5.74, 6) is 1.34. The van der Waals surface area contributed by atoms with Crippen molar-refractivity contribution in [3.05, 3.63) is 23.7 Å². The molecule has 0 rings (SSSR count). The second-order valence-corrected chi connectivity index (χ2v) is 7.44. The molecule has 0 aromatic heterocycles. The van der Waals surface area contributed by atoms with E-state index in [1.807, 2.05) is 7.11 Å². The zero-order valence-electron chi connectivity index (χ0n) is 15.0. The van der Waals surface area contributed by atoms with Crippen LogP contribution in [0.4, 0.5) is 0 Å². The van der Waals surface area contributed by atoms with Gasteiger partial charge in [-0.1, -0.05) is 71.7 Å². The number of rotatable bonds is 9. The standard InChI is InChI=1S/C18H35BO/c1-14(2)11-10-12-17(13-15(3)4)19(20-9)18(7,8)16(5)6/h13-14,16H,3,10-12H2,1-2,4-9H3/b17-13+. The molecule has 0 spiro atoms. The summed E-state index contributed by atoms with van der Waals surface area (Å²) >= 11 is 0. The number of hydrogen-bond acceptors (Lipinski definition) is 1. The first kappa shape index (κ1) is 19.5. The van der Waals surface area contributed by atoms with E-state index in [1.165, 1.54) is 18.3 Å². The van der Waals surface area contributed by atoms with E-state index in [9.17, 15) is 0 Å². The van der Waals surface area contributed by atoms with Crippen LogP contribution in [0.2, 0.25) is 5.31 Å². The molecule has 0 aromatic carbocycles. The molecular weight excluding hydrogens is 243 g/mol. The summed E-state index contributed by atoms with van der Waals surface area (Å²) in [4.78, 5) is 0. The van der Waals surface area contributed by atoms with Crippen molar-refractivity contribution in [2.24, 2.45) is 11.8 Å². The fourth-order valence-electron chi connectivity index (χ4n) is 2.55. The van der Waals surface area contributed by atoms with E-state index < -0.39 is 0 Å². The predicted molar refractivity (Wildman–Crippen MR) is 93.2 cm³/mol.